The van der Waals surface area contributed by atoms with Crippen molar-refractivity contribution in [1.29, 1.82) is 0 Å². The zero-order chi connectivity index (χ0) is 34.3. The summed E-state index contributed by atoms with van der Waals surface area (Å²) in [5.41, 5.74) is 3.20. The summed E-state index contributed by atoms with van der Waals surface area (Å²) in [4.78, 5) is 30.5. The van der Waals surface area contributed by atoms with Crippen molar-refractivity contribution in [1.82, 2.24) is 10.2 Å². The zero-order valence-corrected chi connectivity index (χ0v) is 29.6. The van der Waals surface area contributed by atoms with Crippen molar-refractivity contribution in [2.75, 3.05) is 10.8 Å². The molecule has 2 amide bonds. The Morgan fingerprint density at radius 3 is 2.15 bits per heavy atom. The summed E-state index contributed by atoms with van der Waals surface area (Å²) in [6.45, 7) is 3.03. The Labute approximate surface area is 293 Å². The van der Waals surface area contributed by atoms with Crippen LogP contribution in [0.15, 0.2) is 102 Å². The quantitative estimate of drug-likeness (QED) is 0.162. The predicted molar refractivity (Wildman–Crippen MR) is 193 cm³/mol. The number of halogens is 2. The predicted octanol–water partition coefficient (Wildman–Crippen LogP) is 7.89. The maximum Gasteiger partial charge on any atom is 0.264 e. The number of amides is 2. The van der Waals surface area contributed by atoms with Gasteiger partial charge in [0.1, 0.15) is 12.6 Å². The first-order valence-corrected chi connectivity index (χ1v) is 18.5. The van der Waals surface area contributed by atoms with Crippen LogP contribution in [0.5, 0.6) is 0 Å². The van der Waals surface area contributed by atoms with Gasteiger partial charge in [-0.1, -0.05) is 115 Å². The lowest BCUT2D eigenvalue weighted by Crippen LogP contribution is -2.55. The molecule has 0 unspecified atom stereocenters. The highest BCUT2D eigenvalue weighted by atomic mass is 35.5. The fourth-order valence-corrected chi connectivity index (χ4v) is 7.96. The van der Waals surface area contributed by atoms with Crippen molar-refractivity contribution in [3.05, 3.63) is 129 Å². The molecule has 252 valence electrons. The lowest BCUT2D eigenvalue weighted by Gasteiger charge is -2.35. The van der Waals surface area contributed by atoms with E-state index in [0.29, 0.717) is 21.2 Å². The van der Waals surface area contributed by atoms with Gasteiger partial charge in [-0.05, 0) is 73.7 Å². The summed E-state index contributed by atoms with van der Waals surface area (Å²) in [6, 6.07) is 27.2. The van der Waals surface area contributed by atoms with Crippen molar-refractivity contribution < 1.29 is 18.0 Å². The fraction of sp³-hybridized carbons (Fsp3) is 0.316. The zero-order valence-electron chi connectivity index (χ0n) is 27.2. The highest BCUT2D eigenvalue weighted by molar-refractivity contribution is 7.92. The number of carbonyl (C=O) groups excluding carboxylic acids is 2. The van der Waals surface area contributed by atoms with Crippen LogP contribution < -0.4 is 9.62 Å². The van der Waals surface area contributed by atoms with E-state index in [1.165, 1.54) is 17.0 Å². The molecule has 1 aliphatic carbocycles. The average Bonchev–Trinajstić information content (AvgIpc) is 3.08. The number of rotatable bonds is 12. The molecular weight excluding hydrogens is 665 g/mol. The number of carbonyl (C=O) groups is 2. The van der Waals surface area contributed by atoms with Crippen molar-refractivity contribution in [3.63, 3.8) is 0 Å². The summed E-state index contributed by atoms with van der Waals surface area (Å²) in [6.07, 6.45) is 5.17. The molecule has 0 saturated heterocycles. The molecule has 4 aromatic carbocycles. The van der Waals surface area contributed by atoms with Crippen LogP contribution in [0.2, 0.25) is 10.0 Å². The second-order valence-corrected chi connectivity index (χ2v) is 15.0. The summed E-state index contributed by atoms with van der Waals surface area (Å²) in [5.74, 6) is -0.831. The van der Waals surface area contributed by atoms with E-state index < -0.39 is 28.5 Å². The van der Waals surface area contributed by atoms with Crippen molar-refractivity contribution in [3.8, 4) is 0 Å². The lowest BCUT2D eigenvalue weighted by atomic mass is 9.94. The maximum atomic E-state index is 14.8. The maximum absolute atomic E-state index is 14.8. The fourth-order valence-electron chi connectivity index (χ4n) is 6.13. The topological polar surface area (TPSA) is 86.8 Å². The third-order valence-corrected chi connectivity index (χ3v) is 11.5. The monoisotopic (exact) mass is 705 g/mol. The Morgan fingerprint density at radius 1 is 0.812 bits per heavy atom. The Kier molecular flexibility index (Phi) is 11.8. The molecule has 0 spiro atoms. The van der Waals surface area contributed by atoms with Crippen molar-refractivity contribution in [2.24, 2.45) is 0 Å². The second kappa shape index (κ2) is 16.0. The van der Waals surface area contributed by atoms with E-state index >= 15 is 0 Å². The van der Waals surface area contributed by atoms with Gasteiger partial charge in [-0.15, -0.1) is 0 Å². The number of aryl methyl sites for hydroxylation is 1. The summed E-state index contributed by atoms with van der Waals surface area (Å²) < 4.78 is 29.8. The van der Waals surface area contributed by atoms with E-state index in [-0.39, 0.29) is 35.5 Å². The van der Waals surface area contributed by atoms with Crippen molar-refractivity contribution >= 4 is 50.7 Å². The van der Waals surface area contributed by atoms with Crippen LogP contribution in [0, 0.1) is 13.8 Å². The van der Waals surface area contributed by atoms with Gasteiger partial charge in [0.25, 0.3) is 10.0 Å². The molecule has 1 saturated carbocycles. The molecule has 0 aromatic heterocycles. The summed E-state index contributed by atoms with van der Waals surface area (Å²) in [5, 5.41) is 4.03. The van der Waals surface area contributed by atoms with Crippen LogP contribution in [-0.4, -0.2) is 43.8 Å². The van der Waals surface area contributed by atoms with E-state index in [4.69, 9.17) is 23.2 Å². The molecular formula is C38H41Cl2N3O4S. The van der Waals surface area contributed by atoms with Crippen molar-refractivity contribution in [2.45, 2.75) is 75.9 Å². The smallest absolute Gasteiger partial charge is 0.264 e. The van der Waals surface area contributed by atoms with Gasteiger partial charge in [0.05, 0.1) is 10.6 Å². The van der Waals surface area contributed by atoms with Crippen LogP contribution in [-0.2, 0) is 32.6 Å². The molecule has 1 atom stereocenters. The standard InChI is InChI=1S/C38H41Cl2N3O4S/c1-27-20-22-32(23-21-27)48(46,47)43(35-19-11-18-33(39)28(35)2)26-37(44)42(25-30-14-9-10-17-34(30)40)36(24-29-12-5-3-6-13-29)38(45)41-31-15-7-4-8-16-31/h3,5-6,9-14,17-23,31,36H,4,7-8,15-16,24-26H2,1-2H3,(H,41,45)/t36-/m0/s1. The lowest BCUT2D eigenvalue weighted by molar-refractivity contribution is -0.140. The Bertz CT molecular complexity index is 1830. The SMILES string of the molecule is Cc1ccc(S(=O)(=O)N(CC(=O)N(Cc2ccccc2Cl)[C@@H](Cc2ccccc2)C(=O)NC2CCCCC2)c2cccc(Cl)c2C)cc1. The van der Waals surface area contributed by atoms with Crippen LogP contribution >= 0.6 is 23.2 Å². The number of anilines is 1. The molecule has 10 heteroatoms. The highest BCUT2D eigenvalue weighted by Gasteiger charge is 2.36. The molecule has 0 aliphatic heterocycles. The van der Waals surface area contributed by atoms with Gasteiger partial charge in [-0.25, -0.2) is 8.42 Å². The molecule has 1 aliphatic rings. The average molecular weight is 707 g/mol. The molecule has 1 fully saturated rings. The van der Waals surface area contributed by atoms with E-state index in [2.05, 4.69) is 5.32 Å². The molecule has 0 heterocycles. The Hall–Kier alpha value is -3.85. The van der Waals surface area contributed by atoms with Gasteiger partial charge < -0.3 is 10.2 Å². The minimum absolute atomic E-state index is 0.00103. The van der Waals surface area contributed by atoms with Gasteiger partial charge in [0.2, 0.25) is 11.8 Å². The third kappa shape index (κ3) is 8.59. The van der Waals surface area contributed by atoms with Gasteiger partial charge in [-0.2, -0.15) is 0 Å². The van der Waals surface area contributed by atoms with Crippen LogP contribution in [0.3, 0.4) is 0 Å². The largest absolute Gasteiger partial charge is 0.352 e. The van der Waals surface area contributed by atoms with E-state index in [0.717, 1.165) is 47.5 Å². The molecule has 0 bridgehead atoms. The van der Waals surface area contributed by atoms with E-state index in [9.17, 15) is 18.0 Å². The van der Waals surface area contributed by atoms with Gasteiger partial charge in [0, 0.05) is 29.1 Å². The number of sulfonamides is 1. The van der Waals surface area contributed by atoms with Gasteiger partial charge in [-0.3, -0.25) is 13.9 Å². The summed E-state index contributed by atoms with van der Waals surface area (Å²) >= 11 is 13.1. The molecule has 4 aromatic rings. The Balaban J connectivity index is 1.59. The van der Waals surface area contributed by atoms with Gasteiger partial charge >= 0.3 is 0 Å². The van der Waals surface area contributed by atoms with Crippen LogP contribution in [0.4, 0.5) is 5.69 Å². The number of benzene rings is 4. The molecule has 48 heavy (non-hydrogen) atoms. The van der Waals surface area contributed by atoms with Crippen LogP contribution in [0.1, 0.15) is 54.4 Å². The minimum atomic E-state index is -4.25. The molecule has 1 N–H and O–H groups in total. The third-order valence-electron chi connectivity index (χ3n) is 8.92. The van der Waals surface area contributed by atoms with E-state index in [1.807, 2.05) is 49.4 Å². The highest BCUT2D eigenvalue weighted by Crippen LogP contribution is 2.32. The molecule has 5 rings (SSSR count). The molecule has 7 nitrogen and oxygen atoms in total. The normalized spacial score (nSPS) is 14.2. The second-order valence-electron chi connectivity index (χ2n) is 12.4. The minimum Gasteiger partial charge on any atom is -0.352 e. The van der Waals surface area contributed by atoms with Gasteiger partial charge in [0.15, 0.2) is 0 Å². The first-order chi connectivity index (χ1) is 23.0. The number of nitrogens with one attached hydrogen (secondary N) is 1. The van der Waals surface area contributed by atoms with Crippen LogP contribution in [0.25, 0.3) is 0 Å². The Morgan fingerprint density at radius 2 is 1.46 bits per heavy atom. The van der Waals surface area contributed by atoms with E-state index in [1.54, 1.807) is 49.4 Å². The number of nitrogens with zero attached hydrogens (tertiary/aromatic N) is 2. The number of hydrogen-bond acceptors (Lipinski definition) is 4. The molecule has 0 radical (unpaired) electrons. The number of hydrogen-bond donors (Lipinski definition) is 1. The first kappa shape index (κ1) is 35.5. The first-order valence-electron chi connectivity index (χ1n) is 16.3. The summed E-state index contributed by atoms with van der Waals surface area (Å²) in [7, 11) is -4.25.